The first-order valence-corrected chi connectivity index (χ1v) is 15.9. The Morgan fingerprint density at radius 2 is 1.02 bits per heavy atom. The highest BCUT2D eigenvalue weighted by atomic mass is 16.3. The fourth-order valence-electron chi connectivity index (χ4n) is 7.22. The molecular formula is C45H30O. The van der Waals surface area contributed by atoms with E-state index in [1.807, 2.05) is 0 Å². The number of rotatable bonds is 5. The minimum Gasteiger partial charge on any atom is -0.456 e. The number of para-hydroxylation sites is 1. The molecule has 46 heavy (non-hydrogen) atoms. The SMILES string of the molecule is c1ccc(-c2ccc(C(c3ccccc3)c3cccc4c3oc3cc5ccccc5cc34)cc2-c2cccc3ccccc23)cc1. The van der Waals surface area contributed by atoms with Crippen LogP contribution in [0.3, 0.4) is 0 Å². The summed E-state index contributed by atoms with van der Waals surface area (Å²) < 4.78 is 6.78. The number of furan rings is 1. The van der Waals surface area contributed by atoms with E-state index in [2.05, 4.69) is 176 Å². The van der Waals surface area contributed by atoms with E-state index in [4.69, 9.17) is 4.42 Å². The molecule has 9 rings (SSSR count). The molecule has 0 spiro atoms. The molecule has 0 saturated heterocycles. The van der Waals surface area contributed by atoms with E-state index >= 15 is 0 Å². The first-order valence-electron chi connectivity index (χ1n) is 15.9. The average Bonchev–Trinajstić information content (AvgIpc) is 3.49. The summed E-state index contributed by atoms with van der Waals surface area (Å²) in [5, 5.41) is 7.20. The molecule has 0 amide bonds. The maximum atomic E-state index is 6.78. The van der Waals surface area contributed by atoms with E-state index < -0.39 is 0 Å². The van der Waals surface area contributed by atoms with Gasteiger partial charge >= 0.3 is 0 Å². The van der Waals surface area contributed by atoms with Gasteiger partial charge in [0, 0.05) is 22.3 Å². The Hall–Kier alpha value is -5.92. The maximum absolute atomic E-state index is 6.78. The van der Waals surface area contributed by atoms with Gasteiger partial charge in [0.2, 0.25) is 0 Å². The van der Waals surface area contributed by atoms with Crippen molar-refractivity contribution in [3.8, 4) is 22.3 Å². The summed E-state index contributed by atoms with van der Waals surface area (Å²) >= 11 is 0. The van der Waals surface area contributed by atoms with Crippen LogP contribution in [0.5, 0.6) is 0 Å². The van der Waals surface area contributed by atoms with Crippen LogP contribution < -0.4 is 0 Å². The molecule has 216 valence electrons. The topological polar surface area (TPSA) is 13.1 Å². The fourth-order valence-corrected chi connectivity index (χ4v) is 7.22. The smallest absolute Gasteiger partial charge is 0.139 e. The van der Waals surface area contributed by atoms with E-state index in [-0.39, 0.29) is 5.92 Å². The molecule has 0 aliphatic rings. The lowest BCUT2D eigenvalue weighted by atomic mass is 9.81. The number of fused-ring (bicyclic) bond motifs is 5. The molecule has 0 aliphatic carbocycles. The molecule has 1 atom stereocenters. The standard InChI is InChI=1S/C45H30O/c1-3-13-30(14-4-1)37-26-25-35(28-41(37)38-22-11-20-31-15-9-10-21-36(31)38)44(32-16-5-2-6-17-32)40-24-12-23-39-42-27-33-18-7-8-19-34(33)29-43(42)46-45(39)40/h1-29,44H. The van der Waals surface area contributed by atoms with Crippen molar-refractivity contribution >= 4 is 43.5 Å². The van der Waals surface area contributed by atoms with Gasteiger partial charge in [-0.2, -0.15) is 0 Å². The van der Waals surface area contributed by atoms with Gasteiger partial charge in [0.1, 0.15) is 11.2 Å². The first-order chi connectivity index (χ1) is 22.8. The lowest BCUT2D eigenvalue weighted by molar-refractivity contribution is 0.661. The van der Waals surface area contributed by atoms with E-state index in [9.17, 15) is 0 Å². The van der Waals surface area contributed by atoms with Gasteiger partial charge in [0.05, 0.1) is 0 Å². The van der Waals surface area contributed by atoms with Gasteiger partial charge < -0.3 is 4.42 Å². The molecule has 1 nitrogen and oxygen atoms in total. The maximum Gasteiger partial charge on any atom is 0.139 e. The summed E-state index contributed by atoms with van der Waals surface area (Å²) in [7, 11) is 0. The van der Waals surface area contributed by atoms with Gasteiger partial charge in [0.15, 0.2) is 0 Å². The van der Waals surface area contributed by atoms with Crippen molar-refractivity contribution in [2.75, 3.05) is 0 Å². The molecular weight excluding hydrogens is 556 g/mol. The molecule has 0 radical (unpaired) electrons. The predicted octanol–water partition coefficient (Wildman–Crippen LogP) is 12.4. The van der Waals surface area contributed by atoms with Crippen molar-refractivity contribution in [3.63, 3.8) is 0 Å². The highest BCUT2D eigenvalue weighted by Crippen LogP contribution is 2.44. The monoisotopic (exact) mass is 586 g/mol. The van der Waals surface area contributed by atoms with Gasteiger partial charge in [-0.25, -0.2) is 0 Å². The minimum absolute atomic E-state index is 0.0292. The van der Waals surface area contributed by atoms with Gasteiger partial charge in [-0.3, -0.25) is 0 Å². The van der Waals surface area contributed by atoms with Crippen LogP contribution in [0, 0.1) is 0 Å². The summed E-state index contributed by atoms with van der Waals surface area (Å²) in [6, 6.07) is 63.5. The average molecular weight is 587 g/mol. The molecule has 1 aromatic heterocycles. The fraction of sp³-hybridized carbons (Fsp3) is 0.0222. The summed E-state index contributed by atoms with van der Waals surface area (Å²) in [5.41, 5.74) is 10.4. The van der Waals surface area contributed by atoms with Crippen LogP contribution in [0.25, 0.3) is 65.7 Å². The summed E-state index contributed by atoms with van der Waals surface area (Å²) in [5.74, 6) is -0.0292. The van der Waals surface area contributed by atoms with Gasteiger partial charge in [-0.1, -0.05) is 158 Å². The Morgan fingerprint density at radius 1 is 0.370 bits per heavy atom. The second kappa shape index (κ2) is 10.9. The number of benzene rings is 8. The summed E-state index contributed by atoms with van der Waals surface area (Å²) in [6.07, 6.45) is 0. The molecule has 0 saturated carbocycles. The first kappa shape index (κ1) is 26.5. The van der Waals surface area contributed by atoms with Crippen molar-refractivity contribution in [3.05, 3.63) is 193 Å². The Kier molecular flexibility index (Phi) is 6.28. The van der Waals surface area contributed by atoms with E-state index in [1.165, 1.54) is 60.5 Å². The Balaban J connectivity index is 1.32. The van der Waals surface area contributed by atoms with Gasteiger partial charge in [-0.15, -0.1) is 0 Å². The van der Waals surface area contributed by atoms with Crippen LogP contribution in [-0.2, 0) is 0 Å². The Labute approximate surface area is 268 Å². The lowest BCUT2D eigenvalue weighted by Gasteiger charge is -2.22. The normalized spacial score (nSPS) is 12.3. The van der Waals surface area contributed by atoms with Crippen molar-refractivity contribution in [2.24, 2.45) is 0 Å². The second-order valence-corrected chi connectivity index (χ2v) is 12.1. The largest absolute Gasteiger partial charge is 0.456 e. The van der Waals surface area contributed by atoms with Gasteiger partial charge in [0.25, 0.3) is 0 Å². The van der Waals surface area contributed by atoms with Crippen LogP contribution in [0.4, 0.5) is 0 Å². The van der Waals surface area contributed by atoms with Crippen molar-refractivity contribution < 1.29 is 4.42 Å². The minimum atomic E-state index is -0.0292. The molecule has 0 bridgehead atoms. The quantitative estimate of drug-likeness (QED) is 0.183. The van der Waals surface area contributed by atoms with Crippen LogP contribution in [0.2, 0.25) is 0 Å². The predicted molar refractivity (Wildman–Crippen MR) is 193 cm³/mol. The molecule has 0 N–H and O–H groups in total. The molecule has 1 heterocycles. The van der Waals surface area contributed by atoms with Crippen molar-refractivity contribution in [1.82, 2.24) is 0 Å². The van der Waals surface area contributed by atoms with E-state index in [0.29, 0.717) is 0 Å². The van der Waals surface area contributed by atoms with Crippen LogP contribution in [0.1, 0.15) is 22.6 Å². The molecule has 0 aliphatic heterocycles. The Bertz CT molecular complexity index is 2520. The van der Waals surface area contributed by atoms with Crippen LogP contribution in [0.15, 0.2) is 180 Å². The third kappa shape index (κ3) is 4.40. The Morgan fingerprint density at radius 3 is 1.85 bits per heavy atom. The third-order valence-electron chi connectivity index (χ3n) is 9.38. The van der Waals surface area contributed by atoms with Crippen molar-refractivity contribution in [2.45, 2.75) is 5.92 Å². The third-order valence-corrected chi connectivity index (χ3v) is 9.38. The second-order valence-electron chi connectivity index (χ2n) is 12.1. The number of hydrogen-bond acceptors (Lipinski definition) is 1. The van der Waals surface area contributed by atoms with Gasteiger partial charge in [-0.05, 0) is 73.1 Å². The zero-order valence-electron chi connectivity index (χ0n) is 25.2. The molecule has 8 aromatic carbocycles. The molecule has 9 aromatic rings. The highest BCUT2D eigenvalue weighted by molar-refractivity contribution is 6.11. The van der Waals surface area contributed by atoms with E-state index in [0.717, 1.165) is 21.9 Å². The summed E-state index contributed by atoms with van der Waals surface area (Å²) in [4.78, 5) is 0. The summed E-state index contributed by atoms with van der Waals surface area (Å²) in [6.45, 7) is 0. The van der Waals surface area contributed by atoms with E-state index in [1.54, 1.807) is 0 Å². The zero-order chi connectivity index (χ0) is 30.5. The lowest BCUT2D eigenvalue weighted by Crippen LogP contribution is -2.04. The van der Waals surface area contributed by atoms with Crippen molar-refractivity contribution in [1.29, 1.82) is 0 Å². The highest BCUT2D eigenvalue weighted by Gasteiger charge is 2.24. The number of hydrogen-bond donors (Lipinski definition) is 0. The van der Waals surface area contributed by atoms with Crippen LogP contribution in [-0.4, -0.2) is 0 Å². The molecule has 0 fully saturated rings. The van der Waals surface area contributed by atoms with Crippen LogP contribution >= 0.6 is 0 Å². The zero-order valence-corrected chi connectivity index (χ0v) is 25.2. The molecule has 1 heteroatoms. The molecule has 1 unspecified atom stereocenters.